The van der Waals surface area contributed by atoms with E-state index in [4.69, 9.17) is 19.4 Å². The molecule has 3 heterocycles. The van der Waals surface area contributed by atoms with Crippen LogP contribution in [-0.4, -0.2) is 52.5 Å². The van der Waals surface area contributed by atoms with Crippen LogP contribution in [0.25, 0.3) is 11.0 Å². The number of piperidine rings is 1. The Hall–Kier alpha value is -3.23. The third-order valence-corrected chi connectivity index (χ3v) is 5.53. The average molecular weight is 426 g/mol. The molecule has 8 nitrogen and oxygen atoms in total. The summed E-state index contributed by atoms with van der Waals surface area (Å²) >= 11 is 0. The van der Waals surface area contributed by atoms with Crippen molar-refractivity contribution in [2.75, 3.05) is 30.4 Å². The Kier molecular flexibility index (Phi) is 6.29. The molecule has 0 aliphatic carbocycles. The average Bonchev–Trinajstić information content (AvgIpc) is 2.80. The fraction of sp³-hybridized carbons (Fsp3) is 0.455. The van der Waals surface area contributed by atoms with Gasteiger partial charge in [-0.2, -0.15) is 10.2 Å². The smallest absolute Gasteiger partial charge is 0.172 e. The van der Waals surface area contributed by atoms with Crippen LogP contribution in [0.2, 0.25) is 0 Å². The van der Waals surface area contributed by atoms with Crippen molar-refractivity contribution in [2.45, 2.75) is 45.3 Å². The number of nitrogens with one attached hydrogen (secondary N) is 1. The van der Waals surface area contributed by atoms with Crippen molar-refractivity contribution in [1.82, 2.24) is 20.2 Å². The van der Waals surface area contributed by atoms with Gasteiger partial charge in [0.2, 0.25) is 0 Å². The summed E-state index contributed by atoms with van der Waals surface area (Å²) < 4.78 is 25.2. The first-order chi connectivity index (χ1) is 15.1. The van der Waals surface area contributed by atoms with Crippen LogP contribution in [0.1, 0.15) is 33.1 Å². The van der Waals surface area contributed by atoms with Gasteiger partial charge in [0, 0.05) is 38.0 Å². The number of rotatable bonds is 7. The van der Waals surface area contributed by atoms with Gasteiger partial charge in [0.1, 0.15) is 22.9 Å². The number of methoxy groups -OCH3 is 1. The molecule has 0 bridgehead atoms. The molecule has 0 saturated carbocycles. The van der Waals surface area contributed by atoms with E-state index >= 15 is 0 Å². The van der Waals surface area contributed by atoms with Gasteiger partial charge >= 0.3 is 0 Å². The number of halogens is 1. The summed E-state index contributed by atoms with van der Waals surface area (Å²) in [6, 6.07) is 4.92. The molecule has 1 saturated heterocycles. The first-order valence-electron chi connectivity index (χ1n) is 10.6. The van der Waals surface area contributed by atoms with Gasteiger partial charge in [-0.25, -0.2) is 14.4 Å². The van der Waals surface area contributed by atoms with E-state index in [0.29, 0.717) is 16.8 Å². The van der Waals surface area contributed by atoms with Gasteiger partial charge in [0.15, 0.2) is 23.2 Å². The van der Waals surface area contributed by atoms with Crippen molar-refractivity contribution >= 4 is 22.7 Å². The second kappa shape index (κ2) is 9.28. The maximum atomic E-state index is 14.2. The van der Waals surface area contributed by atoms with Crippen molar-refractivity contribution in [3.8, 4) is 11.5 Å². The number of hydrogen-bond acceptors (Lipinski definition) is 8. The largest absolute Gasteiger partial charge is 0.497 e. The zero-order valence-corrected chi connectivity index (χ0v) is 18.0. The number of fused-ring (bicyclic) bond motifs is 1. The van der Waals surface area contributed by atoms with Crippen molar-refractivity contribution < 1.29 is 13.9 Å². The molecule has 164 valence electrons. The van der Waals surface area contributed by atoms with E-state index in [-0.39, 0.29) is 17.9 Å². The highest BCUT2D eigenvalue weighted by Gasteiger charge is 2.25. The molecule has 1 N–H and O–H groups in total. The molecule has 31 heavy (non-hydrogen) atoms. The van der Waals surface area contributed by atoms with Crippen LogP contribution in [0, 0.1) is 5.82 Å². The fourth-order valence-electron chi connectivity index (χ4n) is 3.54. The lowest BCUT2D eigenvalue weighted by Crippen LogP contribution is -2.39. The number of nitrogens with zero attached hydrogens (tertiary/aromatic N) is 5. The van der Waals surface area contributed by atoms with Gasteiger partial charge in [-0.1, -0.05) is 6.92 Å². The Labute approximate surface area is 180 Å². The zero-order valence-electron chi connectivity index (χ0n) is 18.0. The normalized spacial score (nSPS) is 15.7. The number of anilines is 2. The monoisotopic (exact) mass is 426 g/mol. The number of ether oxygens (including phenoxy) is 2. The lowest BCUT2D eigenvalue weighted by molar-refractivity contribution is 0.163. The fourth-order valence-corrected chi connectivity index (χ4v) is 3.54. The Morgan fingerprint density at radius 1 is 1.16 bits per heavy atom. The van der Waals surface area contributed by atoms with Crippen LogP contribution in [0.4, 0.5) is 16.0 Å². The molecule has 1 aliphatic rings. The maximum absolute atomic E-state index is 14.2. The second-order valence-corrected chi connectivity index (χ2v) is 7.71. The Bertz CT molecular complexity index is 1040. The molecular formula is C22H27FN6O2. The van der Waals surface area contributed by atoms with Crippen molar-refractivity contribution in [1.29, 1.82) is 0 Å². The van der Waals surface area contributed by atoms with Gasteiger partial charge in [-0.05, 0) is 25.5 Å². The van der Waals surface area contributed by atoms with Crippen molar-refractivity contribution in [3.63, 3.8) is 0 Å². The number of hydrogen-bond donors (Lipinski definition) is 1. The molecule has 0 spiro atoms. The van der Waals surface area contributed by atoms with Crippen LogP contribution in [-0.2, 0) is 0 Å². The van der Waals surface area contributed by atoms with Gasteiger partial charge < -0.3 is 19.7 Å². The molecule has 3 aromatic rings. The highest BCUT2D eigenvalue weighted by molar-refractivity contribution is 5.79. The molecule has 1 aliphatic heterocycles. The SMILES string of the molecule is CCC(C)Nc1nc2cnncc2nc1N1CCC(Oc2ccc(OC)cc2F)CC1. The van der Waals surface area contributed by atoms with E-state index in [9.17, 15) is 4.39 Å². The van der Waals surface area contributed by atoms with E-state index in [2.05, 4.69) is 34.3 Å². The van der Waals surface area contributed by atoms with Crippen LogP contribution in [0.3, 0.4) is 0 Å². The topological polar surface area (TPSA) is 85.3 Å². The molecule has 4 rings (SSSR count). The minimum absolute atomic E-state index is 0.0654. The molecule has 1 aromatic carbocycles. The van der Waals surface area contributed by atoms with E-state index < -0.39 is 5.82 Å². The van der Waals surface area contributed by atoms with Gasteiger partial charge in [-0.15, -0.1) is 0 Å². The third kappa shape index (κ3) is 4.76. The third-order valence-electron chi connectivity index (χ3n) is 5.53. The molecule has 0 radical (unpaired) electrons. The quantitative estimate of drug-likeness (QED) is 0.610. The molecular weight excluding hydrogens is 399 g/mol. The summed E-state index contributed by atoms with van der Waals surface area (Å²) in [5, 5.41) is 11.3. The molecule has 1 fully saturated rings. The maximum Gasteiger partial charge on any atom is 0.172 e. The zero-order chi connectivity index (χ0) is 21.8. The first-order valence-corrected chi connectivity index (χ1v) is 10.6. The molecule has 9 heteroatoms. The van der Waals surface area contributed by atoms with Gasteiger partial charge in [0.05, 0.1) is 19.5 Å². The standard InChI is InChI=1S/C22H27FN6O2/c1-4-14(2)26-21-22(28-19-13-25-24-12-18(19)27-21)29-9-7-15(8-10-29)31-20-6-5-16(30-3)11-17(20)23/h5-6,11-15H,4,7-10H2,1-3H3,(H,26,27). The minimum atomic E-state index is -0.414. The molecule has 2 aromatic heterocycles. The van der Waals surface area contributed by atoms with E-state index in [1.807, 2.05) is 0 Å². The van der Waals surface area contributed by atoms with E-state index in [1.54, 1.807) is 24.5 Å². The Balaban J connectivity index is 1.49. The summed E-state index contributed by atoms with van der Waals surface area (Å²) in [4.78, 5) is 11.8. The summed E-state index contributed by atoms with van der Waals surface area (Å²) in [5.74, 6) is 1.86. The molecule has 1 unspecified atom stereocenters. The summed E-state index contributed by atoms with van der Waals surface area (Å²) in [6.07, 6.45) is 5.66. The van der Waals surface area contributed by atoms with E-state index in [1.165, 1.54) is 13.2 Å². The molecule has 0 amide bonds. The Morgan fingerprint density at radius 3 is 2.52 bits per heavy atom. The minimum Gasteiger partial charge on any atom is -0.497 e. The highest BCUT2D eigenvalue weighted by atomic mass is 19.1. The van der Waals surface area contributed by atoms with E-state index in [0.717, 1.165) is 44.0 Å². The lowest BCUT2D eigenvalue weighted by atomic mass is 10.1. The first kappa shape index (κ1) is 21.0. The van der Waals surface area contributed by atoms with Crippen molar-refractivity contribution in [3.05, 3.63) is 36.4 Å². The highest BCUT2D eigenvalue weighted by Crippen LogP contribution is 2.30. The second-order valence-electron chi connectivity index (χ2n) is 7.71. The van der Waals surface area contributed by atoms with Crippen LogP contribution in [0.5, 0.6) is 11.5 Å². The van der Waals surface area contributed by atoms with Crippen LogP contribution < -0.4 is 19.7 Å². The summed E-state index contributed by atoms with van der Waals surface area (Å²) in [6.45, 7) is 5.70. The lowest BCUT2D eigenvalue weighted by Gasteiger charge is -2.34. The number of benzene rings is 1. The number of aromatic nitrogens is 4. The van der Waals surface area contributed by atoms with Gasteiger partial charge in [-0.3, -0.25) is 0 Å². The summed E-state index contributed by atoms with van der Waals surface area (Å²) in [7, 11) is 1.51. The molecule has 1 atom stereocenters. The van der Waals surface area contributed by atoms with Crippen LogP contribution in [0.15, 0.2) is 30.6 Å². The summed E-state index contributed by atoms with van der Waals surface area (Å²) in [5.41, 5.74) is 1.41. The van der Waals surface area contributed by atoms with Gasteiger partial charge in [0.25, 0.3) is 0 Å². The predicted octanol–water partition coefficient (Wildman–Crippen LogP) is 3.83. The predicted molar refractivity (Wildman–Crippen MR) is 117 cm³/mol. The Morgan fingerprint density at radius 2 is 1.87 bits per heavy atom. The van der Waals surface area contributed by atoms with Crippen LogP contribution >= 0.6 is 0 Å². The van der Waals surface area contributed by atoms with Crippen molar-refractivity contribution in [2.24, 2.45) is 0 Å².